The van der Waals surface area contributed by atoms with E-state index in [2.05, 4.69) is 0 Å². The van der Waals surface area contributed by atoms with Crippen LogP contribution in [0.5, 0.6) is 0 Å². The molecule has 2 aliphatic rings. The second-order valence-electron chi connectivity index (χ2n) is 5.96. The van der Waals surface area contributed by atoms with Gasteiger partial charge in [-0.2, -0.15) is 0 Å². The number of hydrogen-bond donors (Lipinski definition) is 6. The molecule has 10 unspecified atom stereocenters. The average Bonchev–Trinajstić information content (AvgIpc) is 2.58. The lowest BCUT2D eigenvalue weighted by Gasteiger charge is -2.41. The molecular formula is C13H24O9. The van der Waals surface area contributed by atoms with E-state index in [0.29, 0.717) is 0 Å². The molecular weight excluding hydrogens is 300 g/mol. The molecule has 0 aromatic rings. The number of aliphatic hydroxyl groups excluding tert-OH is 6. The van der Waals surface area contributed by atoms with Gasteiger partial charge < -0.3 is 44.8 Å². The van der Waals surface area contributed by atoms with Gasteiger partial charge in [0.05, 0.1) is 18.8 Å². The molecule has 0 spiro atoms. The largest absolute Gasteiger partial charge is 0.388 e. The van der Waals surface area contributed by atoms with Gasteiger partial charge in [0.2, 0.25) is 0 Å². The van der Waals surface area contributed by atoms with Gasteiger partial charge in [0.25, 0.3) is 0 Å². The third kappa shape index (κ3) is 3.42. The summed E-state index contributed by atoms with van der Waals surface area (Å²) < 4.78 is 15.8. The molecule has 0 aromatic heterocycles. The van der Waals surface area contributed by atoms with Crippen LogP contribution in [0.15, 0.2) is 0 Å². The van der Waals surface area contributed by atoms with Crippen LogP contribution in [0.25, 0.3) is 0 Å². The van der Waals surface area contributed by atoms with Crippen molar-refractivity contribution in [3.05, 3.63) is 0 Å². The lowest BCUT2D eigenvalue weighted by Crippen LogP contribution is -2.59. The van der Waals surface area contributed by atoms with Crippen molar-refractivity contribution in [3.63, 3.8) is 0 Å². The Hall–Kier alpha value is -0.360. The molecule has 2 saturated heterocycles. The van der Waals surface area contributed by atoms with E-state index in [0.717, 1.165) is 0 Å². The number of rotatable bonds is 2. The van der Waals surface area contributed by atoms with E-state index in [1.165, 1.54) is 6.92 Å². The lowest BCUT2D eigenvalue weighted by molar-refractivity contribution is -0.316. The topological polar surface area (TPSA) is 149 Å². The first-order valence-corrected chi connectivity index (χ1v) is 7.25. The third-order valence-electron chi connectivity index (χ3n) is 4.17. The quantitative estimate of drug-likeness (QED) is 0.310. The first kappa shape index (κ1) is 18.0. The SMILES string of the molecule is CC1COC(O)C(O)C(O)C1OC1OC(C)C(O)C(O)C1O. The molecule has 0 aliphatic carbocycles. The molecule has 0 saturated carbocycles. The molecule has 130 valence electrons. The summed E-state index contributed by atoms with van der Waals surface area (Å²) in [6.45, 7) is 3.19. The van der Waals surface area contributed by atoms with Gasteiger partial charge in [-0.3, -0.25) is 0 Å². The minimum Gasteiger partial charge on any atom is -0.388 e. The summed E-state index contributed by atoms with van der Waals surface area (Å²) in [5.41, 5.74) is 0. The van der Waals surface area contributed by atoms with Crippen molar-refractivity contribution >= 4 is 0 Å². The molecule has 0 aromatic carbocycles. The molecule has 22 heavy (non-hydrogen) atoms. The van der Waals surface area contributed by atoms with Crippen LogP contribution in [-0.2, 0) is 14.2 Å². The van der Waals surface area contributed by atoms with E-state index in [-0.39, 0.29) is 6.61 Å². The van der Waals surface area contributed by atoms with Crippen molar-refractivity contribution < 1.29 is 44.8 Å². The van der Waals surface area contributed by atoms with Crippen molar-refractivity contribution in [1.82, 2.24) is 0 Å². The molecule has 2 heterocycles. The molecule has 9 nitrogen and oxygen atoms in total. The molecule has 6 N–H and O–H groups in total. The van der Waals surface area contributed by atoms with Gasteiger partial charge in [-0.15, -0.1) is 0 Å². The summed E-state index contributed by atoms with van der Waals surface area (Å²) in [5.74, 6) is -0.420. The second kappa shape index (κ2) is 7.04. The Morgan fingerprint density at radius 1 is 0.818 bits per heavy atom. The number of hydrogen-bond acceptors (Lipinski definition) is 9. The fraction of sp³-hybridized carbons (Fsp3) is 1.00. The van der Waals surface area contributed by atoms with Crippen LogP contribution in [-0.4, -0.2) is 92.6 Å². The Morgan fingerprint density at radius 2 is 1.45 bits per heavy atom. The van der Waals surface area contributed by atoms with Crippen LogP contribution in [0.3, 0.4) is 0 Å². The predicted octanol–water partition coefficient (Wildman–Crippen LogP) is -3.09. The number of aliphatic hydroxyl groups is 6. The van der Waals surface area contributed by atoms with E-state index < -0.39 is 61.2 Å². The smallest absolute Gasteiger partial charge is 0.186 e. The summed E-state index contributed by atoms with van der Waals surface area (Å²) in [4.78, 5) is 0. The molecule has 0 radical (unpaired) electrons. The maximum atomic E-state index is 10.1. The van der Waals surface area contributed by atoms with Crippen LogP contribution in [0.2, 0.25) is 0 Å². The van der Waals surface area contributed by atoms with Gasteiger partial charge in [-0.05, 0) is 6.92 Å². The van der Waals surface area contributed by atoms with Gasteiger partial charge in [0, 0.05) is 5.92 Å². The fourth-order valence-electron chi connectivity index (χ4n) is 2.64. The highest BCUT2D eigenvalue weighted by Crippen LogP contribution is 2.28. The zero-order chi connectivity index (χ0) is 16.6. The summed E-state index contributed by atoms with van der Waals surface area (Å²) in [6.07, 6.45) is -11.9. The Balaban J connectivity index is 2.10. The minimum atomic E-state index is -1.58. The first-order chi connectivity index (χ1) is 10.2. The van der Waals surface area contributed by atoms with E-state index in [9.17, 15) is 30.6 Å². The minimum absolute atomic E-state index is 0.0174. The van der Waals surface area contributed by atoms with E-state index in [4.69, 9.17) is 14.2 Å². The Labute approximate surface area is 127 Å². The summed E-state index contributed by atoms with van der Waals surface area (Å²) in [5, 5.41) is 58.7. The zero-order valence-electron chi connectivity index (χ0n) is 12.4. The summed E-state index contributed by atoms with van der Waals surface area (Å²) in [6, 6.07) is 0. The molecule has 2 fully saturated rings. The molecule has 2 aliphatic heterocycles. The molecule has 2 rings (SSSR count). The van der Waals surface area contributed by atoms with Crippen molar-refractivity contribution in [2.24, 2.45) is 5.92 Å². The highest BCUT2D eigenvalue weighted by Gasteiger charge is 2.46. The predicted molar refractivity (Wildman–Crippen MR) is 70.4 cm³/mol. The van der Waals surface area contributed by atoms with Crippen molar-refractivity contribution in [3.8, 4) is 0 Å². The normalized spacial score (nSPS) is 54.0. The Morgan fingerprint density at radius 3 is 2.09 bits per heavy atom. The van der Waals surface area contributed by atoms with Crippen LogP contribution in [0.1, 0.15) is 13.8 Å². The molecule has 0 bridgehead atoms. The average molecular weight is 324 g/mol. The zero-order valence-corrected chi connectivity index (χ0v) is 12.4. The maximum Gasteiger partial charge on any atom is 0.186 e. The van der Waals surface area contributed by atoms with E-state index >= 15 is 0 Å². The lowest BCUT2D eigenvalue weighted by atomic mass is 9.96. The Kier molecular flexibility index (Phi) is 5.75. The monoisotopic (exact) mass is 324 g/mol. The van der Waals surface area contributed by atoms with Gasteiger partial charge in [-0.1, -0.05) is 6.92 Å². The Bertz CT molecular complexity index is 367. The highest BCUT2D eigenvalue weighted by atomic mass is 16.7. The number of ether oxygens (including phenoxy) is 3. The highest BCUT2D eigenvalue weighted by molar-refractivity contribution is 4.90. The van der Waals surface area contributed by atoms with Crippen molar-refractivity contribution in [1.29, 1.82) is 0 Å². The van der Waals surface area contributed by atoms with Crippen LogP contribution in [0, 0.1) is 5.92 Å². The standard InChI is InChI=1S/C13H24O9/c1-4-3-20-12(19)9(17)8(16)11(4)22-13-10(18)7(15)6(14)5(2)21-13/h4-19H,3H2,1-2H3. The second-order valence-corrected chi connectivity index (χ2v) is 5.96. The van der Waals surface area contributed by atoms with E-state index in [1.807, 2.05) is 0 Å². The van der Waals surface area contributed by atoms with E-state index in [1.54, 1.807) is 6.92 Å². The van der Waals surface area contributed by atoms with Gasteiger partial charge >= 0.3 is 0 Å². The van der Waals surface area contributed by atoms with Gasteiger partial charge in [-0.25, -0.2) is 0 Å². The molecule has 10 atom stereocenters. The summed E-state index contributed by atoms with van der Waals surface area (Å²) in [7, 11) is 0. The van der Waals surface area contributed by atoms with Crippen LogP contribution >= 0.6 is 0 Å². The van der Waals surface area contributed by atoms with Crippen molar-refractivity contribution in [2.45, 2.75) is 69.2 Å². The van der Waals surface area contributed by atoms with Crippen LogP contribution < -0.4 is 0 Å². The summed E-state index contributed by atoms with van der Waals surface area (Å²) >= 11 is 0. The fourth-order valence-corrected chi connectivity index (χ4v) is 2.64. The molecule has 9 heteroatoms. The molecule has 0 amide bonds. The maximum absolute atomic E-state index is 10.1. The van der Waals surface area contributed by atoms with Gasteiger partial charge in [0.1, 0.15) is 30.5 Å². The third-order valence-corrected chi connectivity index (χ3v) is 4.17. The van der Waals surface area contributed by atoms with Crippen molar-refractivity contribution in [2.75, 3.05) is 6.61 Å². The first-order valence-electron chi connectivity index (χ1n) is 7.25. The van der Waals surface area contributed by atoms with Gasteiger partial charge in [0.15, 0.2) is 12.6 Å². The van der Waals surface area contributed by atoms with Crippen LogP contribution in [0.4, 0.5) is 0 Å².